The third-order valence-corrected chi connectivity index (χ3v) is 8.39. The van der Waals surface area contributed by atoms with Gasteiger partial charge in [-0.15, -0.1) is 0 Å². The molecule has 0 bridgehead atoms. The highest BCUT2D eigenvalue weighted by molar-refractivity contribution is 7.98. The highest BCUT2D eigenvalue weighted by Gasteiger charge is 2.25. The zero-order valence-electron chi connectivity index (χ0n) is 28.2. The zero-order valence-corrected chi connectivity index (χ0v) is 29.0. The maximum atomic E-state index is 12.8. The molecule has 1 aromatic heterocycles. The predicted molar refractivity (Wildman–Crippen MR) is 191 cm³/mol. The molecule has 0 spiro atoms. The lowest BCUT2D eigenvalue weighted by atomic mass is 9.79. The molecule has 45 heavy (non-hydrogen) atoms. The molecule has 0 saturated carbocycles. The van der Waals surface area contributed by atoms with Crippen molar-refractivity contribution in [3.63, 3.8) is 0 Å². The minimum absolute atomic E-state index is 0.141. The van der Waals surface area contributed by atoms with Gasteiger partial charge in [-0.2, -0.15) is 11.8 Å². The molecule has 238 valence electrons. The van der Waals surface area contributed by atoms with Crippen LogP contribution >= 0.6 is 11.8 Å². The summed E-state index contributed by atoms with van der Waals surface area (Å²) in [5, 5.41) is 22.4. The van der Waals surface area contributed by atoms with E-state index in [1.807, 2.05) is 30.5 Å². The fourth-order valence-corrected chi connectivity index (χ4v) is 5.43. The quantitative estimate of drug-likeness (QED) is 0.178. The van der Waals surface area contributed by atoms with E-state index in [1.54, 1.807) is 36.3 Å². The second-order valence-electron chi connectivity index (χ2n) is 14.6. The van der Waals surface area contributed by atoms with Gasteiger partial charge in [-0.3, -0.25) is 14.8 Å². The predicted octanol–water partition coefficient (Wildman–Crippen LogP) is 8.63. The summed E-state index contributed by atoms with van der Waals surface area (Å²) in [5.41, 5.74) is 5.63. The average Bonchev–Trinajstić information content (AvgIpc) is 2.93. The van der Waals surface area contributed by atoms with E-state index in [0.29, 0.717) is 45.6 Å². The third-order valence-electron chi connectivity index (χ3n) is 7.78. The van der Waals surface area contributed by atoms with Crippen molar-refractivity contribution in [1.29, 1.82) is 0 Å². The van der Waals surface area contributed by atoms with Crippen molar-refractivity contribution in [2.75, 3.05) is 12.0 Å². The van der Waals surface area contributed by atoms with Crippen LogP contribution in [0.1, 0.15) is 95.8 Å². The largest absolute Gasteiger partial charge is 0.507 e. The SMILES string of the molecule is CSCCc1nc2cc(N=Cc3cccc(C(C)(C)C)c3O)c(N=Cc3cc(C(C)(C)C)cc(C(C)(C)C)c3O)cc2[nH]c1=O. The number of thioether (sulfide) groups is 1. The van der Waals surface area contributed by atoms with Gasteiger partial charge in [0.2, 0.25) is 0 Å². The van der Waals surface area contributed by atoms with E-state index in [1.165, 1.54) is 0 Å². The second-order valence-corrected chi connectivity index (χ2v) is 15.6. The highest BCUT2D eigenvalue weighted by Crippen LogP contribution is 2.38. The lowest BCUT2D eigenvalue weighted by molar-refractivity contribution is 0.443. The molecule has 0 saturated heterocycles. The van der Waals surface area contributed by atoms with E-state index in [9.17, 15) is 15.0 Å². The van der Waals surface area contributed by atoms with Crippen LogP contribution in [0.4, 0.5) is 11.4 Å². The van der Waals surface area contributed by atoms with Gasteiger partial charge >= 0.3 is 0 Å². The van der Waals surface area contributed by atoms with Gasteiger partial charge in [0.1, 0.15) is 17.2 Å². The first-order valence-corrected chi connectivity index (χ1v) is 16.6. The zero-order chi connectivity index (χ0) is 33.3. The number of phenolic OH excluding ortho intramolecular Hbond substituents is 2. The molecule has 0 aliphatic rings. The van der Waals surface area contributed by atoms with Crippen molar-refractivity contribution < 1.29 is 10.2 Å². The number of nitrogens with zero attached hydrogens (tertiary/aromatic N) is 3. The molecule has 3 N–H and O–H groups in total. The first kappa shape index (κ1) is 34.0. The molecule has 0 aliphatic heterocycles. The van der Waals surface area contributed by atoms with Crippen LogP contribution in [0.25, 0.3) is 11.0 Å². The van der Waals surface area contributed by atoms with E-state index >= 15 is 0 Å². The molecule has 0 unspecified atom stereocenters. The summed E-state index contributed by atoms with van der Waals surface area (Å²) in [6.07, 6.45) is 5.82. The number of rotatable bonds is 7. The second kappa shape index (κ2) is 12.8. The van der Waals surface area contributed by atoms with Crippen molar-refractivity contribution in [2.24, 2.45) is 9.98 Å². The molecule has 1 heterocycles. The number of aliphatic imine (C=N–C) groups is 2. The molecule has 0 radical (unpaired) electrons. The molecule has 0 aliphatic carbocycles. The van der Waals surface area contributed by atoms with E-state index in [2.05, 4.69) is 78.3 Å². The lowest BCUT2D eigenvalue weighted by Crippen LogP contribution is -2.17. The van der Waals surface area contributed by atoms with E-state index in [-0.39, 0.29) is 33.3 Å². The number of para-hydroxylation sites is 1. The number of aromatic nitrogens is 2. The molecule has 4 rings (SSSR count). The lowest BCUT2D eigenvalue weighted by Gasteiger charge is -2.27. The summed E-state index contributed by atoms with van der Waals surface area (Å²) < 4.78 is 0. The van der Waals surface area contributed by atoms with Crippen molar-refractivity contribution in [3.8, 4) is 11.5 Å². The summed E-state index contributed by atoms with van der Waals surface area (Å²) in [4.78, 5) is 30.1. The number of nitrogens with one attached hydrogen (secondary N) is 1. The maximum Gasteiger partial charge on any atom is 0.270 e. The number of fused-ring (bicyclic) bond motifs is 1. The fourth-order valence-electron chi connectivity index (χ4n) is 5.03. The number of aryl methyl sites for hydroxylation is 1. The normalized spacial score (nSPS) is 13.0. The van der Waals surface area contributed by atoms with Gasteiger partial charge in [0.15, 0.2) is 0 Å². The van der Waals surface area contributed by atoms with Crippen LogP contribution in [0, 0.1) is 0 Å². The topological polar surface area (TPSA) is 111 Å². The Kier molecular flexibility index (Phi) is 9.69. The molecule has 0 atom stereocenters. The molecule has 8 heteroatoms. The maximum absolute atomic E-state index is 12.8. The summed E-state index contributed by atoms with van der Waals surface area (Å²) in [6, 6.07) is 13.2. The number of benzene rings is 3. The number of hydrogen-bond acceptors (Lipinski definition) is 7. The Bertz CT molecular complexity index is 1830. The van der Waals surface area contributed by atoms with Gasteiger partial charge in [0.25, 0.3) is 5.56 Å². The van der Waals surface area contributed by atoms with Gasteiger partial charge in [0.05, 0.1) is 22.4 Å². The standard InChI is InChI=1S/C37H46N4O3S/c1-35(2,3)24-16-23(33(43)26(17-24)37(7,8)9)21-39-29-19-31-30(40-27(14-15-45-10)34(44)41-31)18-28(29)38-20-22-12-11-13-25(32(22)42)36(4,5)6/h11-13,16-21,42-43H,14-15H2,1-10H3,(H,41,44). The number of hydrogen-bond donors (Lipinski definition) is 3. The summed E-state index contributed by atoms with van der Waals surface area (Å²) in [5.74, 6) is 1.15. The number of H-pyrrole nitrogens is 1. The van der Waals surface area contributed by atoms with Crippen LogP contribution in [0.5, 0.6) is 11.5 Å². The van der Waals surface area contributed by atoms with Crippen LogP contribution in [0.3, 0.4) is 0 Å². The Balaban J connectivity index is 1.91. The van der Waals surface area contributed by atoms with Gasteiger partial charge in [-0.05, 0) is 63.6 Å². The van der Waals surface area contributed by atoms with Crippen molar-refractivity contribution in [1.82, 2.24) is 9.97 Å². The Labute approximate surface area is 271 Å². The van der Waals surface area contributed by atoms with E-state index < -0.39 is 0 Å². The average molecular weight is 627 g/mol. The molecule has 7 nitrogen and oxygen atoms in total. The third kappa shape index (κ3) is 7.85. The highest BCUT2D eigenvalue weighted by atomic mass is 32.2. The first-order chi connectivity index (χ1) is 20.9. The van der Waals surface area contributed by atoms with Crippen LogP contribution in [0.15, 0.2) is 57.2 Å². The Morgan fingerprint density at radius 3 is 2.00 bits per heavy atom. The smallest absolute Gasteiger partial charge is 0.270 e. The van der Waals surface area contributed by atoms with Gasteiger partial charge in [-0.25, -0.2) is 4.98 Å². The van der Waals surface area contributed by atoms with E-state index in [0.717, 1.165) is 22.4 Å². The monoisotopic (exact) mass is 626 g/mol. The van der Waals surface area contributed by atoms with Crippen LogP contribution in [-0.2, 0) is 22.7 Å². The number of aromatic amines is 1. The first-order valence-electron chi connectivity index (χ1n) is 15.2. The van der Waals surface area contributed by atoms with Crippen LogP contribution in [-0.4, -0.2) is 44.6 Å². The summed E-state index contributed by atoms with van der Waals surface area (Å²) >= 11 is 1.66. The molecule has 3 aromatic carbocycles. The molecule has 0 amide bonds. The van der Waals surface area contributed by atoms with Crippen molar-refractivity contribution in [2.45, 2.75) is 85.0 Å². The molecule has 4 aromatic rings. The molecule has 0 fully saturated rings. The van der Waals surface area contributed by atoms with Gasteiger partial charge in [-0.1, -0.05) is 80.5 Å². The van der Waals surface area contributed by atoms with Crippen LogP contribution in [0.2, 0.25) is 0 Å². The number of aromatic hydroxyl groups is 2. The Hall–Kier alpha value is -3.91. The molecular weight excluding hydrogens is 580 g/mol. The summed E-state index contributed by atoms with van der Waals surface area (Å²) in [6.45, 7) is 18.8. The van der Waals surface area contributed by atoms with Crippen molar-refractivity contribution >= 4 is 46.6 Å². The van der Waals surface area contributed by atoms with E-state index in [4.69, 9.17) is 9.98 Å². The van der Waals surface area contributed by atoms with Crippen molar-refractivity contribution in [3.05, 3.63) is 86.3 Å². The fraction of sp³-hybridized carbons (Fsp3) is 0.405. The Morgan fingerprint density at radius 1 is 0.800 bits per heavy atom. The Morgan fingerprint density at radius 2 is 1.40 bits per heavy atom. The molecular formula is C37H46N4O3S. The minimum Gasteiger partial charge on any atom is -0.507 e. The minimum atomic E-state index is -0.283. The van der Waals surface area contributed by atoms with Gasteiger partial charge < -0.3 is 15.2 Å². The summed E-state index contributed by atoms with van der Waals surface area (Å²) in [7, 11) is 0. The van der Waals surface area contributed by atoms with Crippen LogP contribution < -0.4 is 5.56 Å². The number of phenols is 2. The van der Waals surface area contributed by atoms with Gasteiger partial charge in [0, 0.05) is 35.5 Å².